The first-order valence-corrected chi connectivity index (χ1v) is 7.41. The van der Waals surface area contributed by atoms with Crippen LogP contribution >= 0.6 is 0 Å². The molecule has 0 heterocycles. The number of hydrogen-bond donors (Lipinski definition) is 2. The van der Waals surface area contributed by atoms with Crippen molar-refractivity contribution in [1.29, 1.82) is 0 Å². The van der Waals surface area contributed by atoms with E-state index in [9.17, 15) is 18.3 Å². The fourth-order valence-corrected chi connectivity index (χ4v) is 2.48. The predicted molar refractivity (Wildman–Crippen MR) is 75.0 cm³/mol. The molecule has 0 amide bonds. The maximum absolute atomic E-state index is 11.8. The topological polar surface area (TPSA) is 92.7 Å². The molecule has 7 heteroatoms. The Morgan fingerprint density at radius 2 is 1.95 bits per heavy atom. The zero-order valence-electron chi connectivity index (χ0n) is 11.2. The number of ether oxygens (including phenoxy) is 1. The molecule has 0 aliphatic heterocycles. The van der Waals surface area contributed by atoms with Crippen LogP contribution in [0.25, 0.3) is 6.08 Å². The van der Waals surface area contributed by atoms with Crippen molar-refractivity contribution in [2.24, 2.45) is 0 Å². The summed E-state index contributed by atoms with van der Waals surface area (Å²) in [6, 6.07) is 7.48. The summed E-state index contributed by atoms with van der Waals surface area (Å²) in [5.74, 6) is -0.850. The molecule has 0 aromatic heterocycles. The zero-order chi connectivity index (χ0) is 15.2. The molecule has 0 bridgehead atoms. The lowest BCUT2D eigenvalue weighted by Gasteiger charge is -2.17. The first-order chi connectivity index (χ1) is 9.35. The van der Waals surface area contributed by atoms with Gasteiger partial charge in [-0.2, -0.15) is 4.72 Å². The molecule has 1 rings (SSSR count). The second-order valence-electron chi connectivity index (χ2n) is 4.12. The van der Waals surface area contributed by atoms with Gasteiger partial charge in [-0.1, -0.05) is 30.3 Å². The Bertz CT molecular complexity index is 566. The molecule has 0 spiro atoms. The summed E-state index contributed by atoms with van der Waals surface area (Å²) in [7, 11) is -2.75. The van der Waals surface area contributed by atoms with E-state index in [0.29, 0.717) is 5.56 Å². The third kappa shape index (κ3) is 5.12. The fourth-order valence-electron chi connectivity index (χ4n) is 1.42. The number of aliphatic hydroxyl groups excluding tert-OH is 1. The van der Waals surface area contributed by atoms with Crippen LogP contribution < -0.4 is 4.72 Å². The number of carbonyl (C=O) groups is 1. The lowest BCUT2D eigenvalue weighted by Crippen LogP contribution is -2.47. The average Bonchev–Trinajstić information content (AvgIpc) is 2.43. The third-order valence-electron chi connectivity index (χ3n) is 2.47. The zero-order valence-corrected chi connectivity index (χ0v) is 12.0. The second kappa shape index (κ2) is 7.18. The summed E-state index contributed by atoms with van der Waals surface area (Å²) in [6.45, 7) is 1.30. The standard InChI is InChI=1S/C13H17NO5S/c1-10(15)12(13(16)19-2)14-20(17,18)9-8-11-6-4-3-5-7-11/h3-10,12,14-15H,1-2H3/b9-8+/t10-,12+/m0/s1. The molecule has 20 heavy (non-hydrogen) atoms. The van der Waals surface area contributed by atoms with Crippen molar-refractivity contribution >= 4 is 22.1 Å². The molecule has 1 aromatic carbocycles. The van der Waals surface area contributed by atoms with Crippen LogP contribution in [0.2, 0.25) is 0 Å². The Hall–Kier alpha value is -1.70. The lowest BCUT2D eigenvalue weighted by molar-refractivity contribution is -0.145. The maximum atomic E-state index is 11.8. The summed E-state index contributed by atoms with van der Waals surface area (Å²) < 4.78 is 30.2. The average molecular weight is 299 g/mol. The number of methoxy groups -OCH3 is 1. The van der Waals surface area contributed by atoms with E-state index in [1.807, 2.05) is 6.07 Å². The summed E-state index contributed by atoms with van der Waals surface area (Å²) >= 11 is 0. The van der Waals surface area contributed by atoms with Crippen LogP contribution in [0.1, 0.15) is 12.5 Å². The molecule has 6 nitrogen and oxygen atoms in total. The minimum absolute atomic E-state index is 0.699. The van der Waals surface area contributed by atoms with Gasteiger partial charge in [0.15, 0.2) is 0 Å². The Kier molecular flexibility index (Phi) is 5.87. The van der Waals surface area contributed by atoms with E-state index in [0.717, 1.165) is 12.5 Å². The van der Waals surface area contributed by atoms with Crippen molar-refractivity contribution in [1.82, 2.24) is 4.72 Å². The Morgan fingerprint density at radius 1 is 1.35 bits per heavy atom. The molecule has 110 valence electrons. The van der Waals surface area contributed by atoms with Crippen LogP contribution in [-0.2, 0) is 19.6 Å². The van der Waals surface area contributed by atoms with Gasteiger partial charge in [0.2, 0.25) is 10.0 Å². The van der Waals surface area contributed by atoms with E-state index >= 15 is 0 Å². The Morgan fingerprint density at radius 3 is 2.45 bits per heavy atom. The molecule has 0 saturated carbocycles. The number of nitrogens with one attached hydrogen (secondary N) is 1. The van der Waals surface area contributed by atoms with Gasteiger partial charge in [0.25, 0.3) is 0 Å². The highest BCUT2D eigenvalue weighted by molar-refractivity contribution is 7.92. The first-order valence-electron chi connectivity index (χ1n) is 5.87. The normalized spacial score (nSPS) is 14.9. The molecule has 0 aliphatic carbocycles. The largest absolute Gasteiger partial charge is 0.468 e. The van der Waals surface area contributed by atoms with E-state index in [2.05, 4.69) is 9.46 Å². The third-order valence-corrected chi connectivity index (χ3v) is 3.54. The van der Waals surface area contributed by atoms with Gasteiger partial charge < -0.3 is 9.84 Å². The number of benzene rings is 1. The van der Waals surface area contributed by atoms with Crippen LogP contribution in [-0.4, -0.2) is 38.7 Å². The summed E-state index contributed by atoms with van der Waals surface area (Å²) in [5.41, 5.74) is 0.699. The van der Waals surface area contributed by atoms with Gasteiger partial charge in [-0.15, -0.1) is 0 Å². The summed E-state index contributed by atoms with van der Waals surface area (Å²) in [6.07, 6.45) is 0.181. The minimum Gasteiger partial charge on any atom is -0.468 e. The fraction of sp³-hybridized carbons (Fsp3) is 0.308. The monoisotopic (exact) mass is 299 g/mol. The van der Waals surface area contributed by atoms with Crippen molar-refractivity contribution in [3.8, 4) is 0 Å². The SMILES string of the molecule is COC(=O)[C@H](NS(=O)(=O)/C=C/c1ccccc1)[C@H](C)O. The van der Waals surface area contributed by atoms with Gasteiger partial charge in [-0.05, 0) is 18.6 Å². The van der Waals surface area contributed by atoms with Gasteiger partial charge in [-0.25, -0.2) is 8.42 Å². The number of rotatable bonds is 6. The number of sulfonamides is 1. The molecular weight excluding hydrogens is 282 g/mol. The van der Waals surface area contributed by atoms with Gasteiger partial charge >= 0.3 is 5.97 Å². The predicted octanol–water partition coefficient (Wildman–Crippen LogP) is 0.499. The van der Waals surface area contributed by atoms with Crippen LogP contribution in [0.4, 0.5) is 0 Å². The van der Waals surface area contributed by atoms with E-state index in [4.69, 9.17) is 0 Å². The smallest absolute Gasteiger partial charge is 0.326 e. The molecule has 0 saturated heterocycles. The lowest BCUT2D eigenvalue weighted by atomic mass is 10.2. The molecule has 0 fully saturated rings. The van der Waals surface area contributed by atoms with Crippen LogP contribution in [0.3, 0.4) is 0 Å². The number of carbonyl (C=O) groups excluding carboxylic acids is 1. The van der Waals surface area contributed by atoms with Gasteiger partial charge in [0, 0.05) is 5.41 Å². The maximum Gasteiger partial charge on any atom is 0.326 e. The number of esters is 1. The summed E-state index contributed by atoms with van der Waals surface area (Å²) in [4.78, 5) is 11.4. The molecule has 2 N–H and O–H groups in total. The molecular formula is C13H17NO5S. The first kappa shape index (κ1) is 16.4. The van der Waals surface area contributed by atoms with Crippen molar-refractivity contribution in [3.63, 3.8) is 0 Å². The van der Waals surface area contributed by atoms with E-state index in [1.54, 1.807) is 24.3 Å². The number of aliphatic hydroxyl groups is 1. The Balaban J connectivity index is 2.83. The highest BCUT2D eigenvalue weighted by Gasteiger charge is 2.28. The van der Waals surface area contributed by atoms with Gasteiger partial charge in [0.1, 0.15) is 6.04 Å². The van der Waals surface area contributed by atoms with E-state index in [-0.39, 0.29) is 0 Å². The highest BCUT2D eigenvalue weighted by atomic mass is 32.2. The minimum atomic E-state index is -3.87. The van der Waals surface area contributed by atoms with Crippen molar-refractivity contribution in [2.75, 3.05) is 7.11 Å². The molecule has 1 aromatic rings. The molecule has 0 radical (unpaired) electrons. The quantitative estimate of drug-likeness (QED) is 0.746. The van der Waals surface area contributed by atoms with Crippen molar-refractivity contribution in [3.05, 3.63) is 41.3 Å². The second-order valence-corrected chi connectivity index (χ2v) is 5.72. The Labute approximate surface area is 118 Å². The van der Waals surface area contributed by atoms with E-state index in [1.165, 1.54) is 13.0 Å². The van der Waals surface area contributed by atoms with Crippen LogP contribution in [0, 0.1) is 0 Å². The number of hydrogen-bond acceptors (Lipinski definition) is 5. The van der Waals surface area contributed by atoms with E-state index < -0.39 is 28.1 Å². The molecule has 0 unspecified atom stereocenters. The molecule has 2 atom stereocenters. The van der Waals surface area contributed by atoms with Crippen molar-refractivity contribution in [2.45, 2.75) is 19.1 Å². The van der Waals surface area contributed by atoms with Crippen LogP contribution in [0.15, 0.2) is 35.7 Å². The highest BCUT2D eigenvalue weighted by Crippen LogP contribution is 2.05. The van der Waals surface area contributed by atoms with Gasteiger partial charge in [-0.3, -0.25) is 4.79 Å². The van der Waals surface area contributed by atoms with Crippen molar-refractivity contribution < 1.29 is 23.1 Å². The summed E-state index contributed by atoms with van der Waals surface area (Å²) in [5, 5.41) is 10.3. The van der Waals surface area contributed by atoms with Crippen LogP contribution in [0.5, 0.6) is 0 Å². The molecule has 0 aliphatic rings. The van der Waals surface area contributed by atoms with Gasteiger partial charge in [0.05, 0.1) is 13.2 Å².